The second-order valence-electron chi connectivity index (χ2n) is 5.93. The number of nitrogens with zero attached hydrogens (tertiary/aromatic N) is 1. The number of hydrogen-bond donors (Lipinski definition) is 1. The van der Waals surface area contributed by atoms with Crippen LogP contribution in [0.15, 0.2) is 24.3 Å². The molecular formula is C16H17F3N2O3. The lowest BCUT2D eigenvalue weighted by atomic mass is 9.99. The number of amides is 2. The van der Waals surface area contributed by atoms with E-state index in [-0.39, 0.29) is 43.5 Å². The Morgan fingerprint density at radius 1 is 1.29 bits per heavy atom. The predicted molar refractivity (Wildman–Crippen MR) is 77.8 cm³/mol. The second-order valence-corrected chi connectivity index (χ2v) is 5.93. The molecule has 2 fully saturated rings. The van der Waals surface area contributed by atoms with Crippen LogP contribution in [0.2, 0.25) is 0 Å². The van der Waals surface area contributed by atoms with Crippen molar-refractivity contribution in [2.24, 2.45) is 5.92 Å². The van der Waals surface area contributed by atoms with E-state index in [9.17, 15) is 22.8 Å². The van der Waals surface area contributed by atoms with Gasteiger partial charge in [-0.3, -0.25) is 9.59 Å². The van der Waals surface area contributed by atoms with Crippen molar-refractivity contribution in [3.05, 3.63) is 35.4 Å². The van der Waals surface area contributed by atoms with Crippen LogP contribution in [0.3, 0.4) is 0 Å². The molecule has 0 saturated carbocycles. The topological polar surface area (TPSA) is 58.6 Å². The largest absolute Gasteiger partial charge is 0.416 e. The van der Waals surface area contributed by atoms with E-state index in [2.05, 4.69) is 5.32 Å². The molecule has 2 atom stereocenters. The van der Waals surface area contributed by atoms with Crippen molar-refractivity contribution in [1.29, 1.82) is 0 Å². The molecule has 1 aromatic carbocycles. The quantitative estimate of drug-likeness (QED) is 0.891. The number of nitrogens with one attached hydrogen (secondary N) is 1. The number of rotatable bonds is 2. The number of carbonyl (C=O) groups excluding carboxylic acids is 2. The molecule has 0 spiro atoms. The minimum absolute atomic E-state index is 0.0307. The van der Waals surface area contributed by atoms with Gasteiger partial charge in [-0.15, -0.1) is 0 Å². The minimum atomic E-state index is -4.48. The smallest absolute Gasteiger partial charge is 0.370 e. The fourth-order valence-electron chi connectivity index (χ4n) is 3.11. The number of morpholine rings is 1. The third-order valence-electron chi connectivity index (χ3n) is 4.32. The highest BCUT2D eigenvalue weighted by Crippen LogP contribution is 2.36. The molecule has 2 amide bonds. The fourth-order valence-corrected chi connectivity index (χ4v) is 3.11. The highest BCUT2D eigenvalue weighted by molar-refractivity contribution is 5.89. The maximum atomic E-state index is 13.2. The number of carbonyl (C=O) groups is 2. The first-order valence-electron chi connectivity index (χ1n) is 7.69. The molecule has 2 aliphatic rings. The molecule has 0 aromatic heterocycles. The summed E-state index contributed by atoms with van der Waals surface area (Å²) in [6.45, 7) is 0.806. The lowest BCUT2D eigenvalue weighted by molar-refractivity contribution is -0.146. The summed E-state index contributed by atoms with van der Waals surface area (Å²) >= 11 is 0. The van der Waals surface area contributed by atoms with Crippen LogP contribution in [0, 0.1) is 5.92 Å². The molecule has 0 unspecified atom stereocenters. The Bertz CT molecular complexity index is 648. The Morgan fingerprint density at radius 3 is 2.71 bits per heavy atom. The standard InChI is InChI=1S/C16H17F3N2O3/c17-16(18,19)12-4-2-1-3-11(12)13-9-21(5-6-24-13)15(23)10-7-14(22)20-8-10/h1-4,10,13H,5-9H2,(H,20,22)/t10-,13+/m0/s1. The molecule has 8 heteroatoms. The summed E-state index contributed by atoms with van der Waals surface area (Å²) in [4.78, 5) is 25.2. The predicted octanol–water partition coefficient (Wildman–Crippen LogP) is 1.74. The molecule has 0 radical (unpaired) electrons. The van der Waals surface area contributed by atoms with Crippen LogP contribution >= 0.6 is 0 Å². The summed E-state index contributed by atoms with van der Waals surface area (Å²) in [6.07, 6.45) is -5.18. The summed E-state index contributed by atoms with van der Waals surface area (Å²) in [6, 6.07) is 5.24. The van der Waals surface area contributed by atoms with Crippen molar-refractivity contribution in [2.45, 2.75) is 18.7 Å². The van der Waals surface area contributed by atoms with Crippen LogP contribution in [-0.4, -0.2) is 43.0 Å². The summed E-state index contributed by atoms with van der Waals surface area (Å²) in [5, 5.41) is 2.60. The Labute approximate surface area is 136 Å². The summed E-state index contributed by atoms with van der Waals surface area (Å²) in [7, 11) is 0. The number of halogens is 3. The normalized spacial score (nSPS) is 24.8. The molecule has 1 aromatic rings. The van der Waals surface area contributed by atoms with Crippen LogP contribution in [0.25, 0.3) is 0 Å². The van der Waals surface area contributed by atoms with Crippen LogP contribution in [0.4, 0.5) is 13.2 Å². The van der Waals surface area contributed by atoms with Gasteiger partial charge in [-0.2, -0.15) is 13.2 Å². The average Bonchev–Trinajstić information content (AvgIpc) is 3.00. The highest BCUT2D eigenvalue weighted by Gasteiger charge is 2.38. The SMILES string of the molecule is O=C1C[C@H](C(=O)N2CCO[C@@H](c3ccccc3C(F)(F)F)C2)CN1. The Balaban J connectivity index is 1.77. The zero-order valence-electron chi connectivity index (χ0n) is 12.8. The monoisotopic (exact) mass is 342 g/mol. The van der Waals surface area contributed by atoms with Crippen LogP contribution in [0.5, 0.6) is 0 Å². The molecule has 2 heterocycles. The lowest BCUT2D eigenvalue weighted by Gasteiger charge is -2.35. The zero-order chi connectivity index (χ0) is 17.3. The molecule has 0 aliphatic carbocycles. The van der Waals surface area contributed by atoms with Crippen molar-refractivity contribution in [2.75, 3.05) is 26.2 Å². The van der Waals surface area contributed by atoms with E-state index >= 15 is 0 Å². The van der Waals surface area contributed by atoms with E-state index < -0.39 is 23.8 Å². The lowest BCUT2D eigenvalue weighted by Crippen LogP contribution is -2.45. The third kappa shape index (κ3) is 3.38. The van der Waals surface area contributed by atoms with E-state index in [1.54, 1.807) is 0 Å². The van der Waals surface area contributed by atoms with Crippen molar-refractivity contribution in [3.63, 3.8) is 0 Å². The Kier molecular flexibility index (Phi) is 4.49. The van der Waals surface area contributed by atoms with Crippen molar-refractivity contribution in [3.8, 4) is 0 Å². The summed E-state index contributed by atoms with van der Waals surface area (Å²) < 4.78 is 45.0. The molecule has 2 saturated heterocycles. The summed E-state index contributed by atoms with van der Waals surface area (Å²) in [5.41, 5.74) is -0.717. The number of ether oxygens (including phenoxy) is 1. The van der Waals surface area contributed by atoms with E-state index in [4.69, 9.17) is 4.74 Å². The van der Waals surface area contributed by atoms with Gasteiger partial charge in [0.1, 0.15) is 6.10 Å². The average molecular weight is 342 g/mol. The van der Waals surface area contributed by atoms with Gasteiger partial charge in [0.2, 0.25) is 11.8 Å². The van der Waals surface area contributed by atoms with E-state index in [1.165, 1.54) is 23.1 Å². The third-order valence-corrected chi connectivity index (χ3v) is 4.32. The van der Waals surface area contributed by atoms with Gasteiger partial charge >= 0.3 is 6.18 Å². The first-order valence-corrected chi connectivity index (χ1v) is 7.69. The molecule has 0 bridgehead atoms. The second kappa shape index (κ2) is 6.43. The Morgan fingerprint density at radius 2 is 2.04 bits per heavy atom. The van der Waals surface area contributed by atoms with Crippen LogP contribution < -0.4 is 5.32 Å². The minimum Gasteiger partial charge on any atom is -0.370 e. The molecule has 2 aliphatic heterocycles. The number of hydrogen-bond acceptors (Lipinski definition) is 3. The Hall–Kier alpha value is -2.09. The number of benzene rings is 1. The van der Waals surface area contributed by atoms with E-state index in [0.29, 0.717) is 6.54 Å². The molecule has 1 N–H and O–H groups in total. The molecular weight excluding hydrogens is 325 g/mol. The molecule has 3 rings (SSSR count). The molecule has 24 heavy (non-hydrogen) atoms. The van der Waals surface area contributed by atoms with Gasteiger partial charge in [-0.1, -0.05) is 18.2 Å². The van der Waals surface area contributed by atoms with Gasteiger partial charge in [0.25, 0.3) is 0 Å². The van der Waals surface area contributed by atoms with E-state index in [0.717, 1.165) is 6.07 Å². The van der Waals surface area contributed by atoms with Crippen LogP contribution in [0.1, 0.15) is 23.7 Å². The van der Waals surface area contributed by atoms with Gasteiger partial charge in [0.15, 0.2) is 0 Å². The van der Waals surface area contributed by atoms with Crippen LogP contribution in [-0.2, 0) is 20.5 Å². The number of alkyl halides is 3. The first kappa shape index (κ1) is 16.8. The van der Waals surface area contributed by atoms with Gasteiger partial charge in [0.05, 0.1) is 24.6 Å². The van der Waals surface area contributed by atoms with Crippen molar-refractivity contribution < 1.29 is 27.5 Å². The fraction of sp³-hybridized carbons (Fsp3) is 0.500. The maximum absolute atomic E-state index is 13.2. The maximum Gasteiger partial charge on any atom is 0.416 e. The van der Waals surface area contributed by atoms with Crippen molar-refractivity contribution >= 4 is 11.8 Å². The molecule has 130 valence electrons. The highest BCUT2D eigenvalue weighted by atomic mass is 19.4. The van der Waals surface area contributed by atoms with Gasteiger partial charge in [0, 0.05) is 19.5 Å². The van der Waals surface area contributed by atoms with E-state index in [1.807, 2.05) is 0 Å². The van der Waals surface area contributed by atoms with Crippen molar-refractivity contribution in [1.82, 2.24) is 10.2 Å². The van der Waals surface area contributed by atoms with Gasteiger partial charge < -0.3 is 15.0 Å². The first-order chi connectivity index (χ1) is 11.4. The van der Waals surface area contributed by atoms with Gasteiger partial charge in [-0.25, -0.2) is 0 Å². The van der Waals surface area contributed by atoms with Gasteiger partial charge in [-0.05, 0) is 11.6 Å². The summed E-state index contributed by atoms with van der Waals surface area (Å²) in [5.74, 6) is -0.846. The zero-order valence-corrected chi connectivity index (χ0v) is 12.8. The molecule has 5 nitrogen and oxygen atoms in total.